The van der Waals surface area contributed by atoms with Crippen LogP contribution in [0.25, 0.3) is 0 Å². The topological polar surface area (TPSA) is 21.3 Å². The summed E-state index contributed by atoms with van der Waals surface area (Å²) in [5.74, 6) is 0.694. The molecule has 2 rings (SSSR count). The van der Waals surface area contributed by atoms with Gasteiger partial charge in [-0.2, -0.15) is 0 Å². The lowest BCUT2D eigenvalue weighted by atomic mass is 9.65. The zero-order chi connectivity index (χ0) is 10.2. The highest BCUT2D eigenvalue weighted by Crippen LogP contribution is 2.45. The molecule has 0 aromatic carbocycles. The van der Waals surface area contributed by atoms with Crippen molar-refractivity contribution < 1.29 is 4.74 Å². The van der Waals surface area contributed by atoms with E-state index in [9.17, 15) is 0 Å². The maximum Gasteiger partial charge on any atom is 0.0832 e. The van der Waals surface area contributed by atoms with Crippen molar-refractivity contribution in [1.29, 1.82) is 0 Å². The van der Waals surface area contributed by atoms with Gasteiger partial charge in [-0.25, -0.2) is 0 Å². The third kappa shape index (κ3) is 1.82. The molecule has 1 saturated carbocycles. The molecular formula is C12H23NO. The maximum atomic E-state index is 6.05. The minimum Gasteiger partial charge on any atom is -0.372 e. The number of rotatable bonds is 0. The second kappa shape index (κ2) is 3.49. The lowest BCUT2D eigenvalue weighted by molar-refractivity contribution is -0.136. The van der Waals surface area contributed by atoms with Crippen LogP contribution in [0.15, 0.2) is 0 Å². The molecule has 1 aliphatic carbocycles. The highest BCUT2D eigenvalue weighted by Gasteiger charge is 2.45. The van der Waals surface area contributed by atoms with Crippen LogP contribution in [0.2, 0.25) is 0 Å². The van der Waals surface area contributed by atoms with Gasteiger partial charge < -0.3 is 10.1 Å². The van der Waals surface area contributed by atoms with E-state index in [1.165, 1.54) is 19.3 Å². The molecule has 2 nitrogen and oxygen atoms in total. The Hall–Kier alpha value is -0.0800. The molecule has 2 heteroatoms. The first-order valence-electron chi connectivity index (χ1n) is 5.89. The summed E-state index contributed by atoms with van der Waals surface area (Å²) in [5, 5.41) is 3.48. The van der Waals surface area contributed by atoms with Gasteiger partial charge in [0, 0.05) is 13.1 Å². The number of hydrogen-bond donors (Lipinski definition) is 1. The van der Waals surface area contributed by atoms with Gasteiger partial charge in [-0.15, -0.1) is 0 Å². The molecule has 0 amide bonds. The Labute approximate surface area is 87.4 Å². The fraction of sp³-hybridized carbons (Fsp3) is 1.00. The van der Waals surface area contributed by atoms with Gasteiger partial charge in [-0.05, 0) is 30.6 Å². The molecule has 82 valence electrons. The van der Waals surface area contributed by atoms with Crippen molar-refractivity contribution in [3.63, 3.8) is 0 Å². The molecule has 2 unspecified atom stereocenters. The molecule has 0 aromatic heterocycles. The van der Waals surface area contributed by atoms with Crippen molar-refractivity contribution >= 4 is 0 Å². The summed E-state index contributed by atoms with van der Waals surface area (Å²) in [6.07, 6.45) is 3.84. The molecule has 2 fully saturated rings. The summed E-state index contributed by atoms with van der Waals surface area (Å²) in [6.45, 7) is 10.1. The molecule has 2 atom stereocenters. The predicted octanol–water partition coefficient (Wildman–Crippen LogP) is 2.19. The second-order valence-electron chi connectivity index (χ2n) is 5.86. The fourth-order valence-corrected chi connectivity index (χ4v) is 3.07. The predicted molar refractivity (Wildman–Crippen MR) is 58.3 cm³/mol. The molecular weight excluding hydrogens is 174 g/mol. The smallest absolute Gasteiger partial charge is 0.0832 e. The Kier molecular flexibility index (Phi) is 2.61. The van der Waals surface area contributed by atoms with Crippen molar-refractivity contribution in [3.8, 4) is 0 Å². The van der Waals surface area contributed by atoms with E-state index in [1.54, 1.807) is 0 Å². The van der Waals surface area contributed by atoms with Crippen LogP contribution >= 0.6 is 0 Å². The summed E-state index contributed by atoms with van der Waals surface area (Å²) in [7, 11) is 0. The average Bonchev–Trinajstić information content (AvgIpc) is 2.14. The van der Waals surface area contributed by atoms with Crippen LogP contribution in [0.4, 0.5) is 0 Å². The van der Waals surface area contributed by atoms with Crippen LogP contribution in [0.1, 0.15) is 40.0 Å². The van der Waals surface area contributed by atoms with E-state index in [0.29, 0.717) is 11.3 Å². The minimum absolute atomic E-state index is 0.160. The standard InChI is InChI=1S/C12H23NO/c1-10-8-11(2,3)4-5-12(10)9-13-6-7-14-12/h10,13H,4-9H2,1-3H3. The molecule has 0 radical (unpaired) electrons. The summed E-state index contributed by atoms with van der Waals surface area (Å²) >= 11 is 0. The van der Waals surface area contributed by atoms with Crippen molar-refractivity contribution in [2.45, 2.75) is 45.6 Å². The largest absolute Gasteiger partial charge is 0.372 e. The van der Waals surface area contributed by atoms with E-state index in [1.807, 2.05) is 0 Å². The van der Waals surface area contributed by atoms with Crippen LogP contribution in [0.3, 0.4) is 0 Å². The van der Waals surface area contributed by atoms with Gasteiger partial charge in [0.2, 0.25) is 0 Å². The minimum atomic E-state index is 0.160. The molecule has 1 spiro atoms. The molecule has 14 heavy (non-hydrogen) atoms. The lowest BCUT2D eigenvalue weighted by Gasteiger charge is -2.50. The number of hydrogen-bond acceptors (Lipinski definition) is 2. The first-order valence-corrected chi connectivity index (χ1v) is 5.89. The Morgan fingerprint density at radius 1 is 1.29 bits per heavy atom. The Morgan fingerprint density at radius 3 is 2.64 bits per heavy atom. The Bertz CT molecular complexity index is 206. The zero-order valence-corrected chi connectivity index (χ0v) is 9.73. The Balaban J connectivity index is 2.06. The quantitative estimate of drug-likeness (QED) is 0.643. The van der Waals surface area contributed by atoms with Crippen molar-refractivity contribution in [2.75, 3.05) is 19.7 Å². The number of ether oxygens (including phenoxy) is 1. The second-order valence-corrected chi connectivity index (χ2v) is 5.86. The number of nitrogens with one attached hydrogen (secondary N) is 1. The maximum absolute atomic E-state index is 6.05. The molecule has 0 aromatic rings. The molecule has 0 bridgehead atoms. The third-order valence-corrected chi connectivity index (χ3v) is 4.07. The van der Waals surface area contributed by atoms with Gasteiger partial charge in [-0.1, -0.05) is 20.8 Å². The van der Waals surface area contributed by atoms with Gasteiger partial charge in [0.1, 0.15) is 0 Å². The van der Waals surface area contributed by atoms with E-state index in [-0.39, 0.29) is 5.60 Å². The fourth-order valence-electron chi connectivity index (χ4n) is 3.07. The first kappa shape index (κ1) is 10.4. The van der Waals surface area contributed by atoms with Crippen molar-refractivity contribution in [2.24, 2.45) is 11.3 Å². The lowest BCUT2D eigenvalue weighted by Crippen LogP contribution is -2.56. The normalized spacial score (nSPS) is 42.6. The van der Waals surface area contributed by atoms with Crippen LogP contribution in [-0.4, -0.2) is 25.3 Å². The van der Waals surface area contributed by atoms with E-state index in [2.05, 4.69) is 26.1 Å². The van der Waals surface area contributed by atoms with Crippen LogP contribution < -0.4 is 5.32 Å². The first-order chi connectivity index (χ1) is 6.54. The summed E-state index contributed by atoms with van der Waals surface area (Å²) < 4.78 is 6.05. The van der Waals surface area contributed by atoms with Crippen LogP contribution in [0.5, 0.6) is 0 Å². The van der Waals surface area contributed by atoms with Gasteiger partial charge >= 0.3 is 0 Å². The van der Waals surface area contributed by atoms with Gasteiger partial charge in [0.05, 0.1) is 12.2 Å². The monoisotopic (exact) mass is 197 g/mol. The molecule has 1 saturated heterocycles. The molecule has 1 aliphatic heterocycles. The summed E-state index contributed by atoms with van der Waals surface area (Å²) in [6, 6.07) is 0. The number of morpholine rings is 1. The van der Waals surface area contributed by atoms with E-state index < -0.39 is 0 Å². The van der Waals surface area contributed by atoms with E-state index in [0.717, 1.165) is 19.7 Å². The SMILES string of the molecule is CC1CC(C)(C)CCC12CNCCO2. The van der Waals surface area contributed by atoms with Gasteiger partial charge in [0.15, 0.2) is 0 Å². The summed E-state index contributed by atoms with van der Waals surface area (Å²) in [4.78, 5) is 0. The molecule has 2 aliphatic rings. The van der Waals surface area contributed by atoms with Crippen molar-refractivity contribution in [3.05, 3.63) is 0 Å². The average molecular weight is 197 g/mol. The van der Waals surface area contributed by atoms with Crippen LogP contribution in [0, 0.1) is 11.3 Å². The van der Waals surface area contributed by atoms with E-state index in [4.69, 9.17) is 4.74 Å². The van der Waals surface area contributed by atoms with Crippen LogP contribution in [-0.2, 0) is 4.74 Å². The third-order valence-electron chi connectivity index (χ3n) is 4.07. The zero-order valence-electron chi connectivity index (χ0n) is 9.73. The molecule has 1 heterocycles. The molecule has 1 N–H and O–H groups in total. The highest BCUT2D eigenvalue weighted by atomic mass is 16.5. The van der Waals surface area contributed by atoms with Gasteiger partial charge in [-0.3, -0.25) is 0 Å². The summed E-state index contributed by atoms with van der Waals surface area (Å²) in [5.41, 5.74) is 0.680. The highest BCUT2D eigenvalue weighted by molar-refractivity contribution is 4.97. The van der Waals surface area contributed by atoms with E-state index >= 15 is 0 Å². The van der Waals surface area contributed by atoms with Crippen molar-refractivity contribution in [1.82, 2.24) is 5.32 Å². The Morgan fingerprint density at radius 2 is 2.07 bits per heavy atom. The van der Waals surface area contributed by atoms with Gasteiger partial charge in [0.25, 0.3) is 0 Å².